The second-order valence-electron chi connectivity index (χ2n) is 14.9. The molecule has 1 aliphatic carbocycles. The first-order valence-corrected chi connectivity index (χ1v) is 19.7. The summed E-state index contributed by atoms with van der Waals surface area (Å²) in [5.74, 6) is 0.815. The molecule has 0 fully saturated rings. The van der Waals surface area contributed by atoms with E-state index in [2.05, 4.69) is 167 Å². The first-order chi connectivity index (χ1) is 27.8. The summed E-state index contributed by atoms with van der Waals surface area (Å²) in [6.45, 7) is 0. The summed E-state index contributed by atoms with van der Waals surface area (Å²) in [5, 5.41) is 10.8. The summed E-state index contributed by atoms with van der Waals surface area (Å²) < 4.78 is 12.5. The van der Waals surface area contributed by atoms with Gasteiger partial charge in [0.15, 0.2) is 5.82 Å². The van der Waals surface area contributed by atoms with E-state index in [0.717, 1.165) is 71.6 Å². The molecule has 1 aliphatic rings. The average Bonchev–Trinajstić information content (AvgIpc) is 3.98. The van der Waals surface area contributed by atoms with Crippen LogP contribution in [0.2, 0.25) is 0 Å². The number of thiophene rings is 1. The van der Waals surface area contributed by atoms with Crippen LogP contribution in [-0.4, -0.2) is 19.1 Å². The Kier molecular flexibility index (Phi) is 5.34. The van der Waals surface area contributed by atoms with Crippen LogP contribution in [0.3, 0.4) is 0 Å². The molecule has 0 spiro atoms. The number of aromatic nitrogens is 4. The molecule has 5 nitrogen and oxygen atoms in total. The fourth-order valence-electron chi connectivity index (χ4n) is 9.79. The van der Waals surface area contributed by atoms with Crippen LogP contribution in [0.15, 0.2) is 162 Å². The molecule has 0 atom stereocenters. The average molecular weight is 731 g/mol. The molecule has 6 heteroatoms. The normalized spacial score (nSPS) is 12.6. The molecule has 56 heavy (non-hydrogen) atoms. The second-order valence-corrected chi connectivity index (χ2v) is 15.9. The van der Waals surface area contributed by atoms with Crippen molar-refractivity contribution in [3.63, 3.8) is 0 Å². The van der Waals surface area contributed by atoms with Crippen molar-refractivity contribution in [3.8, 4) is 33.9 Å². The molecule has 0 saturated heterocycles. The molecule has 0 radical (unpaired) electrons. The van der Waals surface area contributed by atoms with Crippen molar-refractivity contribution in [2.24, 2.45) is 0 Å². The third-order valence-corrected chi connectivity index (χ3v) is 13.1. The lowest BCUT2D eigenvalue weighted by Gasteiger charge is -2.14. The summed E-state index contributed by atoms with van der Waals surface area (Å²) in [6.07, 6.45) is 0. The van der Waals surface area contributed by atoms with Crippen molar-refractivity contribution in [2.75, 3.05) is 0 Å². The van der Waals surface area contributed by atoms with Crippen LogP contribution in [0, 0.1) is 0 Å². The minimum absolute atomic E-state index is 0.815. The minimum atomic E-state index is 0.815. The van der Waals surface area contributed by atoms with E-state index in [9.17, 15) is 0 Å². The number of furan rings is 1. The zero-order valence-electron chi connectivity index (χ0n) is 29.6. The minimum Gasteiger partial charge on any atom is -0.456 e. The molecular formula is C50H26N4OS. The number of para-hydroxylation sites is 2. The van der Waals surface area contributed by atoms with Gasteiger partial charge in [-0.15, -0.1) is 11.3 Å². The highest BCUT2D eigenvalue weighted by molar-refractivity contribution is 7.25. The Morgan fingerprint density at radius 3 is 2.11 bits per heavy atom. The van der Waals surface area contributed by atoms with Gasteiger partial charge in [0.25, 0.3) is 0 Å². The Labute approximate surface area is 321 Å². The highest BCUT2D eigenvalue weighted by Gasteiger charge is 2.28. The van der Waals surface area contributed by atoms with Gasteiger partial charge in [-0.2, -0.15) is 0 Å². The molecule has 13 aromatic rings. The number of benzene rings is 8. The Morgan fingerprint density at radius 2 is 1.20 bits per heavy atom. The third-order valence-electron chi connectivity index (χ3n) is 12.1. The Hall–Kier alpha value is -7.28. The number of fused-ring (bicyclic) bond motifs is 7. The zero-order valence-corrected chi connectivity index (χ0v) is 30.4. The van der Waals surface area contributed by atoms with Gasteiger partial charge < -0.3 is 8.98 Å². The summed E-state index contributed by atoms with van der Waals surface area (Å²) in [5.41, 5.74) is 12.6. The van der Waals surface area contributed by atoms with Crippen molar-refractivity contribution in [1.82, 2.24) is 19.1 Å². The van der Waals surface area contributed by atoms with Crippen molar-refractivity contribution in [3.05, 3.63) is 158 Å². The summed E-state index contributed by atoms with van der Waals surface area (Å²) in [6, 6.07) is 56.7. The van der Waals surface area contributed by atoms with E-state index in [0.29, 0.717) is 0 Å². The highest BCUT2D eigenvalue weighted by Crippen LogP contribution is 2.51. The largest absolute Gasteiger partial charge is 0.456 e. The number of hydrogen-bond donors (Lipinski definition) is 0. The van der Waals surface area contributed by atoms with Crippen LogP contribution in [0.25, 0.3) is 131 Å². The van der Waals surface area contributed by atoms with Gasteiger partial charge in [-0.1, -0.05) is 103 Å². The van der Waals surface area contributed by atoms with E-state index in [1.807, 2.05) is 0 Å². The van der Waals surface area contributed by atoms with E-state index in [1.165, 1.54) is 59.0 Å². The molecule has 258 valence electrons. The van der Waals surface area contributed by atoms with Gasteiger partial charge in [0.1, 0.15) is 27.2 Å². The van der Waals surface area contributed by atoms with Crippen LogP contribution in [0.5, 0.6) is 0 Å². The van der Waals surface area contributed by atoms with Crippen molar-refractivity contribution < 1.29 is 4.42 Å². The van der Waals surface area contributed by atoms with Gasteiger partial charge >= 0.3 is 0 Å². The van der Waals surface area contributed by atoms with E-state index in [1.54, 1.807) is 11.3 Å². The van der Waals surface area contributed by atoms with E-state index < -0.39 is 0 Å². The molecule has 0 amide bonds. The molecule has 0 unspecified atom stereocenters. The molecule has 0 bridgehead atoms. The van der Waals surface area contributed by atoms with E-state index >= 15 is 0 Å². The van der Waals surface area contributed by atoms with Crippen LogP contribution >= 0.6 is 11.3 Å². The third kappa shape index (κ3) is 3.56. The summed E-state index contributed by atoms with van der Waals surface area (Å²) in [7, 11) is 0. The fourth-order valence-corrected chi connectivity index (χ4v) is 10.8. The van der Waals surface area contributed by atoms with Gasteiger partial charge in [-0.3, -0.25) is 4.57 Å². The molecular weight excluding hydrogens is 705 g/mol. The molecule has 0 saturated carbocycles. The van der Waals surface area contributed by atoms with E-state index in [4.69, 9.17) is 14.4 Å². The first kappa shape index (κ1) is 29.1. The van der Waals surface area contributed by atoms with Crippen LogP contribution < -0.4 is 0 Å². The van der Waals surface area contributed by atoms with Gasteiger partial charge in [0.2, 0.25) is 0 Å². The lowest BCUT2D eigenvalue weighted by molar-refractivity contribution is 0.669. The van der Waals surface area contributed by atoms with Gasteiger partial charge in [-0.05, 0) is 76.5 Å². The van der Waals surface area contributed by atoms with Crippen molar-refractivity contribution in [2.45, 2.75) is 0 Å². The van der Waals surface area contributed by atoms with Gasteiger partial charge in [0.05, 0.1) is 22.1 Å². The molecule has 0 N–H and O–H groups in total. The highest BCUT2D eigenvalue weighted by atomic mass is 32.1. The maximum atomic E-state index is 6.59. The number of nitrogens with zero attached hydrogens (tertiary/aromatic N) is 4. The number of hydrogen-bond acceptors (Lipinski definition) is 4. The lowest BCUT2D eigenvalue weighted by atomic mass is 9.95. The predicted molar refractivity (Wildman–Crippen MR) is 233 cm³/mol. The Bertz CT molecular complexity index is 3880. The molecule has 8 aromatic carbocycles. The fraction of sp³-hybridized carbons (Fsp3) is 0. The van der Waals surface area contributed by atoms with Gasteiger partial charge in [0, 0.05) is 53.7 Å². The lowest BCUT2D eigenvalue weighted by Crippen LogP contribution is -2.03. The molecule has 0 aliphatic heterocycles. The summed E-state index contributed by atoms with van der Waals surface area (Å²) >= 11 is 1.70. The predicted octanol–water partition coefficient (Wildman–Crippen LogP) is 13.7. The zero-order chi connectivity index (χ0) is 36.2. The van der Waals surface area contributed by atoms with Crippen LogP contribution in [-0.2, 0) is 0 Å². The quantitative estimate of drug-likeness (QED) is 0.182. The number of rotatable bonds is 3. The molecule has 14 rings (SSSR count). The Morgan fingerprint density at radius 1 is 0.464 bits per heavy atom. The SMILES string of the molecule is c1ccc(-n2c3ccccc3c3ccc(-c4nc5c(nc4-n4c6ccc7cccc8c7c6c6c7c(ccc64)oc4cccc-8c47)sc4ccccc45)cc32)cc1. The van der Waals surface area contributed by atoms with Crippen LogP contribution in [0.1, 0.15) is 0 Å². The summed E-state index contributed by atoms with van der Waals surface area (Å²) in [4.78, 5) is 12.2. The first-order valence-electron chi connectivity index (χ1n) is 18.9. The maximum Gasteiger partial charge on any atom is 0.166 e. The molecule has 5 heterocycles. The monoisotopic (exact) mass is 730 g/mol. The second kappa shape index (κ2) is 10.3. The Balaban J connectivity index is 1.17. The smallest absolute Gasteiger partial charge is 0.166 e. The standard InChI is InChI=1S/C50H26N4OS/c1-2-11-29(12-3-1)53-35-17-6-4-13-30(35)31-22-20-28(26-38(31)53)47-49(52-50-48(51-47)34-14-5-7-19-41(34)56-50)54-36-23-21-27-10-8-15-32-33-16-9-18-39-43(33)46-40(55-39)25-24-37(54)45(46)44(36)42(27)32/h1-26H. The molecule has 5 aromatic heterocycles. The van der Waals surface area contributed by atoms with Crippen molar-refractivity contribution in [1.29, 1.82) is 0 Å². The van der Waals surface area contributed by atoms with Crippen molar-refractivity contribution >= 4 is 108 Å². The van der Waals surface area contributed by atoms with E-state index in [-0.39, 0.29) is 0 Å². The van der Waals surface area contributed by atoms with Crippen LogP contribution in [0.4, 0.5) is 0 Å². The maximum absolute atomic E-state index is 6.59. The van der Waals surface area contributed by atoms with Gasteiger partial charge in [-0.25, -0.2) is 9.97 Å². The topological polar surface area (TPSA) is 48.8 Å².